The van der Waals surface area contributed by atoms with Crippen molar-refractivity contribution in [2.24, 2.45) is 10.2 Å². The number of pyridine rings is 1. The molecule has 0 bridgehead atoms. The highest BCUT2D eigenvalue weighted by molar-refractivity contribution is 5.87. The van der Waals surface area contributed by atoms with Crippen molar-refractivity contribution >= 4 is 17.3 Å². The molecule has 0 saturated carbocycles. The minimum absolute atomic E-state index is 0.0198. The lowest BCUT2D eigenvalue weighted by molar-refractivity contribution is 0.0697. The number of benzene rings is 1. The number of carbonyl (C=O) groups is 1. The summed E-state index contributed by atoms with van der Waals surface area (Å²) in [4.78, 5) is 23.4. The summed E-state index contributed by atoms with van der Waals surface area (Å²) >= 11 is 0. The van der Waals surface area contributed by atoms with Crippen LogP contribution in [0.1, 0.15) is 27.9 Å². The Bertz CT molecular complexity index is 955. The fourth-order valence-corrected chi connectivity index (χ4v) is 2.27. The van der Waals surface area contributed by atoms with Crippen LogP contribution < -0.4 is 5.56 Å². The molecule has 0 saturated heterocycles. The fourth-order valence-electron chi connectivity index (χ4n) is 2.27. The largest absolute Gasteiger partial charge is 0.493 e. The molecule has 2 rings (SSSR count). The molecule has 3 N–H and O–H groups in total. The summed E-state index contributed by atoms with van der Waals surface area (Å²) in [6, 6.07) is 7.38. The molecular weight excluding hydrogens is 340 g/mol. The Balaban J connectivity index is 2.49. The van der Waals surface area contributed by atoms with Gasteiger partial charge in [0.25, 0.3) is 5.56 Å². The van der Waals surface area contributed by atoms with E-state index in [-0.39, 0.29) is 42.0 Å². The van der Waals surface area contributed by atoms with E-state index in [0.29, 0.717) is 5.69 Å². The zero-order valence-corrected chi connectivity index (χ0v) is 13.9. The van der Waals surface area contributed by atoms with E-state index < -0.39 is 17.4 Å². The number of hydrogen-bond donors (Lipinski definition) is 3. The summed E-state index contributed by atoms with van der Waals surface area (Å²) in [7, 11) is 0. The van der Waals surface area contributed by atoms with Crippen LogP contribution in [-0.2, 0) is 6.54 Å². The zero-order valence-electron chi connectivity index (χ0n) is 13.9. The van der Waals surface area contributed by atoms with E-state index in [9.17, 15) is 20.0 Å². The molecule has 0 fully saturated rings. The molecule has 0 unspecified atom stereocenters. The van der Waals surface area contributed by atoms with Gasteiger partial charge in [0.2, 0.25) is 5.88 Å². The van der Waals surface area contributed by atoms with Gasteiger partial charge in [0, 0.05) is 18.7 Å². The van der Waals surface area contributed by atoms with Gasteiger partial charge in [-0.05, 0) is 37.6 Å². The quantitative estimate of drug-likeness (QED) is 0.676. The number of aliphatic hydroxyl groups excluding tert-OH is 1. The predicted molar refractivity (Wildman–Crippen MR) is 91.1 cm³/mol. The van der Waals surface area contributed by atoms with Gasteiger partial charge in [-0.15, -0.1) is 5.11 Å². The smallest absolute Gasteiger partial charge is 0.335 e. The van der Waals surface area contributed by atoms with E-state index in [0.717, 1.165) is 4.57 Å². The third kappa shape index (κ3) is 3.76. The van der Waals surface area contributed by atoms with E-state index in [1.807, 2.05) is 6.07 Å². The zero-order chi connectivity index (χ0) is 19.3. The SMILES string of the molecule is Cc1c(C#N)c(O)n(CCCO)c(=O)c1N=Nc1ccc(C(=O)O)cc1. The Labute approximate surface area is 148 Å². The van der Waals surface area contributed by atoms with E-state index in [2.05, 4.69) is 10.2 Å². The Morgan fingerprint density at radius 3 is 2.46 bits per heavy atom. The lowest BCUT2D eigenvalue weighted by Crippen LogP contribution is -2.22. The van der Waals surface area contributed by atoms with Crippen molar-refractivity contribution in [2.45, 2.75) is 19.9 Å². The second-order valence-corrected chi connectivity index (χ2v) is 5.37. The molecule has 0 aliphatic heterocycles. The van der Waals surface area contributed by atoms with Gasteiger partial charge in [0.05, 0.1) is 11.3 Å². The van der Waals surface area contributed by atoms with Crippen molar-refractivity contribution < 1.29 is 20.1 Å². The summed E-state index contributed by atoms with van der Waals surface area (Å²) in [5.74, 6) is -1.55. The standard InChI is InChI=1S/C17H16N4O5/c1-10-13(9-18)15(23)21(7-2-8-22)16(24)14(10)20-19-12-5-3-11(4-6-12)17(25)26/h3-6,22-23H,2,7-8H2,1H3,(H,25,26). The Hall–Kier alpha value is -3.51. The average Bonchev–Trinajstić information content (AvgIpc) is 2.62. The van der Waals surface area contributed by atoms with Crippen molar-refractivity contribution in [1.29, 1.82) is 5.26 Å². The van der Waals surface area contributed by atoms with Crippen LogP contribution in [0.15, 0.2) is 39.3 Å². The van der Waals surface area contributed by atoms with Crippen molar-refractivity contribution in [2.75, 3.05) is 6.61 Å². The average molecular weight is 356 g/mol. The number of hydrogen-bond acceptors (Lipinski definition) is 7. The van der Waals surface area contributed by atoms with Crippen molar-refractivity contribution in [1.82, 2.24) is 4.57 Å². The van der Waals surface area contributed by atoms with Crippen LogP contribution in [0.25, 0.3) is 0 Å². The highest BCUT2D eigenvalue weighted by atomic mass is 16.4. The highest BCUT2D eigenvalue weighted by Crippen LogP contribution is 2.27. The van der Waals surface area contributed by atoms with Gasteiger partial charge < -0.3 is 15.3 Å². The maximum absolute atomic E-state index is 12.5. The number of aromatic carboxylic acids is 1. The van der Waals surface area contributed by atoms with Crippen LogP contribution in [0.2, 0.25) is 0 Å². The van der Waals surface area contributed by atoms with E-state index in [1.165, 1.54) is 31.2 Å². The summed E-state index contributed by atoms with van der Waals surface area (Å²) in [6.45, 7) is 1.30. The number of aromatic hydroxyl groups is 1. The molecule has 1 heterocycles. The first-order valence-corrected chi connectivity index (χ1v) is 7.63. The number of carboxylic acid groups (broad SMARTS) is 1. The summed E-state index contributed by atoms with van der Waals surface area (Å²) in [5, 5.41) is 44.9. The number of aromatic nitrogens is 1. The normalized spacial score (nSPS) is 10.8. The maximum atomic E-state index is 12.5. The number of nitrogens with zero attached hydrogens (tertiary/aromatic N) is 4. The predicted octanol–water partition coefficient (Wildman–Crippen LogP) is 2.23. The third-order valence-electron chi connectivity index (χ3n) is 3.69. The molecule has 2 aromatic rings. The van der Waals surface area contributed by atoms with E-state index in [4.69, 9.17) is 10.2 Å². The molecule has 26 heavy (non-hydrogen) atoms. The highest BCUT2D eigenvalue weighted by Gasteiger charge is 2.18. The van der Waals surface area contributed by atoms with Gasteiger partial charge in [0.15, 0.2) is 5.69 Å². The second-order valence-electron chi connectivity index (χ2n) is 5.37. The molecule has 0 aliphatic rings. The Morgan fingerprint density at radius 1 is 1.27 bits per heavy atom. The number of rotatable bonds is 6. The first kappa shape index (κ1) is 18.8. The summed E-state index contributed by atoms with van der Waals surface area (Å²) < 4.78 is 0.962. The topological polar surface area (TPSA) is 148 Å². The van der Waals surface area contributed by atoms with Crippen LogP contribution >= 0.6 is 0 Å². The Morgan fingerprint density at radius 2 is 1.92 bits per heavy atom. The van der Waals surface area contributed by atoms with Gasteiger partial charge in [-0.2, -0.15) is 10.4 Å². The summed E-state index contributed by atoms with van der Waals surface area (Å²) in [6.07, 6.45) is 0.217. The van der Waals surface area contributed by atoms with Crippen molar-refractivity contribution in [3.8, 4) is 11.9 Å². The molecule has 9 nitrogen and oxygen atoms in total. The molecule has 1 aromatic carbocycles. The molecule has 0 amide bonds. The number of aliphatic hydroxyl groups is 1. The van der Waals surface area contributed by atoms with E-state index in [1.54, 1.807) is 0 Å². The molecule has 0 aliphatic carbocycles. The number of nitriles is 1. The van der Waals surface area contributed by atoms with Crippen LogP contribution in [0.3, 0.4) is 0 Å². The minimum atomic E-state index is -1.08. The van der Waals surface area contributed by atoms with E-state index >= 15 is 0 Å². The van der Waals surface area contributed by atoms with Crippen LogP contribution in [0.4, 0.5) is 11.4 Å². The Kier molecular flexibility index (Phi) is 5.82. The van der Waals surface area contributed by atoms with Crippen molar-refractivity contribution in [3.05, 3.63) is 51.3 Å². The number of azo groups is 1. The van der Waals surface area contributed by atoms with Crippen LogP contribution in [-0.4, -0.2) is 32.5 Å². The van der Waals surface area contributed by atoms with Crippen LogP contribution in [0.5, 0.6) is 5.88 Å². The maximum Gasteiger partial charge on any atom is 0.335 e. The molecule has 0 atom stereocenters. The molecule has 1 aromatic heterocycles. The third-order valence-corrected chi connectivity index (χ3v) is 3.69. The molecule has 0 radical (unpaired) electrons. The van der Waals surface area contributed by atoms with Gasteiger partial charge in [0.1, 0.15) is 11.6 Å². The monoisotopic (exact) mass is 356 g/mol. The molecule has 0 spiro atoms. The first-order valence-electron chi connectivity index (χ1n) is 7.63. The summed E-state index contributed by atoms with van der Waals surface area (Å²) in [5.41, 5.74) is -0.262. The van der Waals surface area contributed by atoms with Gasteiger partial charge in [-0.1, -0.05) is 0 Å². The second kappa shape index (κ2) is 8.04. The van der Waals surface area contributed by atoms with Gasteiger partial charge >= 0.3 is 5.97 Å². The van der Waals surface area contributed by atoms with Gasteiger partial charge in [-0.25, -0.2) is 4.79 Å². The number of carboxylic acids is 1. The van der Waals surface area contributed by atoms with Gasteiger partial charge in [-0.3, -0.25) is 9.36 Å². The molecule has 134 valence electrons. The molecule has 9 heteroatoms. The first-order chi connectivity index (χ1) is 12.4. The minimum Gasteiger partial charge on any atom is -0.493 e. The van der Waals surface area contributed by atoms with Crippen molar-refractivity contribution in [3.63, 3.8) is 0 Å². The molecular formula is C17H16N4O5. The van der Waals surface area contributed by atoms with Crippen LogP contribution in [0, 0.1) is 18.3 Å². The lowest BCUT2D eigenvalue weighted by atomic mass is 10.1. The lowest BCUT2D eigenvalue weighted by Gasteiger charge is -2.12. The fraction of sp³-hybridized carbons (Fsp3) is 0.235.